The van der Waals surface area contributed by atoms with E-state index in [2.05, 4.69) is 22.9 Å². The summed E-state index contributed by atoms with van der Waals surface area (Å²) in [5, 5.41) is 0.936. The molecular weight excluding hydrogens is 278 g/mol. The molecule has 2 nitrogen and oxygen atoms in total. The standard InChI is InChI=1S/C14H20BrNO/c1-3-12-6-8-13(9-7-12)14(17)16(4-2)11-5-10-15/h6-9H,3-5,10-11H2,1-2H3. The van der Waals surface area contributed by atoms with Crippen LogP contribution in [0.2, 0.25) is 0 Å². The van der Waals surface area contributed by atoms with Crippen molar-refractivity contribution in [3.8, 4) is 0 Å². The van der Waals surface area contributed by atoms with Crippen LogP contribution in [0.25, 0.3) is 0 Å². The van der Waals surface area contributed by atoms with Crippen molar-refractivity contribution in [2.45, 2.75) is 26.7 Å². The van der Waals surface area contributed by atoms with Gasteiger partial charge in [0, 0.05) is 24.0 Å². The second kappa shape index (κ2) is 7.49. The van der Waals surface area contributed by atoms with E-state index >= 15 is 0 Å². The van der Waals surface area contributed by atoms with Gasteiger partial charge in [0.15, 0.2) is 0 Å². The molecule has 0 radical (unpaired) electrons. The predicted octanol–water partition coefficient (Wildman–Crippen LogP) is 3.50. The zero-order chi connectivity index (χ0) is 12.7. The first-order chi connectivity index (χ1) is 8.22. The van der Waals surface area contributed by atoms with E-state index in [1.54, 1.807) is 0 Å². The van der Waals surface area contributed by atoms with E-state index in [0.717, 1.165) is 36.8 Å². The summed E-state index contributed by atoms with van der Waals surface area (Å²) >= 11 is 3.39. The average molecular weight is 298 g/mol. The molecule has 0 saturated carbocycles. The lowest BCUT2D eigenvalue weighted by molar-refractivity contribution is 0.0765. The van der Waals surface area contributed by atoms with Crippen molar-refractivity contribution in [3.05, 3.63) is 35.4 Å². The molecule has 94 valence electrons. The van der Waals surface area contributed by atoms with Crippen LogP contribution >= 0.6 is 15.9 Å². The number of carbonyl (C=O) groups is 1. The van der Waals surface area contributed by atoms with Gasteiger partial charge in [-0.05, 0) is 37.5 Å². The van der Waals surface area contributed by atoms with E-state index in [9.17, 15) is 4.79 Å². The molecule has 0 spiro atoms. The van der Waals surface area contributed by atoms with Gasteiger partial charge in [-0.1, -0.05) is 35.0 Å². The van der Waals surface area contributed by atoms with Crippen molar-refractivity contribution in [1.29, 1.82) is 0 Å². The zero-order valence-corrected chi connectivity index (χ0v) is 12.2. The van der Waals surface area contributed by atoms with Crippen molar-refractivity contribution in [2.24, 2.45) is 0 Å². The van der Waals surface area contributed by atoms with E-state index < -0.39 is 0 Å². The molecule has 0 heterocycles. The summed E-state index contributed by atoms with van der Waals surface area (Å²) in [6.45, 7) is 5.72. The first-order valence-electron chi connectivity index (χ1n) is 6.17. The smallest absolute Gasteiger partial charge is 0.253 e. The van der Waals surface area contributed by atoms with E-state index in [-0.39, 0.29) is 5.91 Å². The molecule has 1 amide bonds. The maximum Gasteiger partial charge on any atom is 0.253 e. The molecule has 1 aromatic carbocycles. The Balaban J connectivity index is 2.71. The molecule has 0 saturated heterocycles. The normalized spacial score (nSPS) is 10.3. The largest absolute Gasteiger partial charge is 0.339 e. The molecule has 0 atom stereocenters. The summed E-state index contributed by atoms with van der Waals surface area (Å²) < 4.78 is 0. The fourth-order valence-corrected chi connectivity index (χ4v) is 1.97. The highest BCUT2D eigenvalue weighted by atomic mass is 79.9. The van der Waals surface area contributed by atoms with Gasteiger partial charge in [0.2, 0.25) is 0 Å². The van der Waals surface area contributed by atoms with Gasteiger partial charge in [0.05, 0.1) is 0 Å². The Kier molecular flexibility index (Phi) is 6.27. The highest BCUT2D eigenvalue weighted by molar-refractivity contribution is 9.09. The van der Waals surface area contributed by atoms with Crippen LogP contribution in [-0.4, -0.2) is 29.2 Å². The van der Waals surface area contributed by atoms with Crippen molar-refractivity contribution >= 4 is 21.8 Å². The second-order valence-corrected chi connectivity index (χ2v) is 4.77. The topological polar surface area (TPSA) is 20.3 Å². The third-order valence-corrected chi connectivity index (χ3v) is 3.40. The zero-order valence-electron chi connectivity index (χ0n) is 10.6. The highest BCUT2D eigenvalue weighted by Gasteiger charge is 2.12. The minimum atomic E-state index is 0.135. The quantitative estimate of drug-likeness (QED) is 0.736. The molecule has 1 aromatic rings. The minimum Gasteiger partial charge on any atom is -0.339 e. The van der Waals surface area contributed by atoms with Crippen molar-refractivity contribution < 1.29 is 4.79 Å². The van der Waals surface area contributed by atoms with Crippen LogP contribution in [0.15, 0.2) is 24.3 Å². The van der Waals surface area contributed by atoms with E-state index in [0.29, 0.717) is 0 Å². The molecule has 0 aliphatic rings. The van der Waals surface area contributed by atoms with Gasteiger partial charge in [-0.3, -0.25) is 4.79 Å². The first kappa shape index (κ1) is 14.2. The Bertz CT molecular complexity index is 348. The SMILES string of the molecule is CCc1ccc(C(=O)N(CC)CCCBr)cc1. The molecule has 0 aliphatic carbocycles. The molecule has 0 aliphatic heterocycles. The second-order valence-electron chi connectivity index (χ2n) is 3.98. The van der Waals surface area contributed by atoms with E-state index in [1.165, 1.54) is 5.56 Å². The van der Waals surface area contributed by atoms with Gasteiger partial charge in [-0.2, -0.15) is 0 Å². The number of alkyl halides is 1. The Labute approximate surface area is 112 Å². The van der Waals surface area contributed by atoms with Crippen LogP contribution < -0.4 is 0 Å². The van der Waals surface area contributed by atoms with Crippen LogP contribution in [0.4, 0.5) is 0 Å². The van der Waals surface area contributed by atoms with Crippen LogP contribution in [0.1, 0.15) is 36.2 Å². The van der Waals surface area contributed by atoms with E-state index in [1.807, 2.05) is 36.1 Å². The number of carbonyl (C=O) groups excluding carboxylic acids is 1. The van der Waals surface area contributed by atoms with Gasteiger partial charge in [-0.25, -0.2) is 0 Å². The lowest BCUT2D eigenvalue weighted by Crippen LogP contribution is -2.31. The van der Waals surface area contributed by atoms with Crippen LogP contribution in [0.3, 0.4) is 0 Å². The van der Waals surface area contributed by atoms with Gasteiger partial charge < -0.3 is 4.90 Å². The average Bonchev–Trinajstić information content (AvgIpc) is 2.39. The van der Waals surface area contributed by atoms with Crippen molar-refractivity contribution in [1.82, 2.24) is 4.90 Å². The van der Waals surface area contributed by atoms with Crippen LogP contribution in [0, 0.1) is 0 Å². The molecule has 0 fully saturated rings. The summed E-state index contributed by atoms with van der Waals surface area (Å²) in [5.74, 6) is 0.135. The molecule has 0 N–H and O–H groups in total. The van der Waals surface area contributed by atoms with Gasteiger partial charge >= 0.3 is 0 Å². The molecule has 3 heteroatoms. The molecule has 0 aromatic heterocycles. The maximum atomic E-state index is 12.2. The summed E-state index contributed by atoms with van der Waals surface area (Å²) in [5.41, 5.74) is 2.06. The third kappa shape index (κ3) is 4.15. The lowest BCUT2D eigenvalue weighted by Gasteiger charge is -2.20. The van der Waals surface area contributed by atoms with Crippen LogP contribution in [-0.2, 0) is 6.42 Å². The number of rotatable bonds is 6. The van der Waals surface area contributed by atoms with Crippen LogP contribution in [0.5, 0.6) is 0 Å². The first-order valence-corrected chi connectivity index (χ1v) is 7.29. The fourth-order valence-electron chi connectivity index (χ4n) is 1.72. The molecule has 0 unspecified atom stereocenters. The highest BCUT2D eigenvalue weighted by Crippen LogP contribution is 2.09. The number of benzene rings is 1. The van der Waals surface area contributed by atoms with E-state index in [4.69, 9.17) is 0 Å². The molecule has 17 heavy (non-hydrogen) atoms. The molecule has 1 rings (SSSR count). The monoisotopic (exact) mass is 297 g/mol. The summed E-state index contributed by atoms with van der Waals surface area (Å²) in [4.78, 5) is 14.1. The summed E-state index contributed by atoms with van der Waals surface area (Å²) in [6, 6.07) is 7.92. The number of hydrogen-bond donors (Lipinski definition) is 0. The van der Waals surface area contributed by atoms with Gasteiger partial charge in [0.25, 0.3) is 5.91 Å². The maximum absolute atomic E-state index is 12.2. The predicted molar refractivity (Wildman–Crippen MR) is 75.8 cm³/mol. The fraction of sp³-hybridized carbons (Fsp3) is 0.500. The molecule has 0 bridgehead atoms. The number of halogens is 1. The summed E-state index contributed by atoms with van der Waals surface area (Å²) in [7, 11) is 0. The number of nitrogens with zero attached hydrogens (tertiary/aromatic N) is 1. The third-order valence-electron chi connectivity index (χ3n) is 2.84. The number of aryl methyl sites for hydroxylation is 1. The Hall–Kier alpha value is -0.830. The molecular formula is C14H20BrNO. The van der Waals surface area contributed by atoms with Gasteiger partial charge in [0.1, 0.15) is 0 Å². The van der Waals surface area contributed by atoms with Gasteiger partial charge in [-0.15, -0.1) is 0 Å². The van der Waals surface area contributed by atoms with Crippen molar-refractivity contribution in [3.63, 3.8) is 0 Å². The number of hydrogen-bond acceptors (Lipinski definition) is 1. The number of amides is 1. The summed E-state index contributed by atoms with van der Waals surface area (Å²) in [6.07, 6.45) is 2.00. The Morgan fingerprint density at radius 1 is 1.24 bits per heavy atom. The lowest BCUT2D eigenvalue weighted by atomic mass is 10.1. The Morgan fingerprint density at radius 3 is 2.35 bits per heavy atom. The van der Waals surface area contributed by atoms with Crippen molar-refractivity contribution in [2.75, 3.05) is 18.4 Å². The minimum absolute atomic E-state index is 0.135. The Morgan fingerprint density at radius 2 is 1.88 bits per heavy atom.